The third-order valence-electron chi connectivity index (χ3n) is 1.73. The highest BCUT2D eigenvalue weighted by Crippen LogP contribution is 2.22. The van der Waals surface area contributed by atoms with Crippen molar-refractivity contribution in [2.24, 2.45) is 5.73 Å². The number of nitrogens with two attached hydrogens (primary N) is 1. The van der Waals surface area contributed by atoms with Gasteiger partial charge in [0.2, 0.25) is 0 Å². The van der Waals surface area contributed by atoms with Crippen LogP contribution < -0.4 is 5.73 Å². The molecule has 0 bridgehead atoms. The molecule has 0 heterocycles. The molecule has 1 nitrogen and oxygen atoms in total. The Bertz CT molecular complexity index is 69.5. The average Bonchev–Trinajstić information content (AvgIpc) is 1.77. The van der Waals surface area contributed by atoms with Gasteiger partial charge in [-0.15, -0.1) is 12.4 Å². The van der Waals surface area contributed by atoms with Crippen LogP contribution in [0.25, 0.3) is 0 Å². The minimum Gasteiger partial charge on any atom is -0.327 e. The van der Waals surface area contributed by atoms with Gasteiger partial charge in [0.25, 0.3) is 0 Å². The molecule has 0 radical (unpaired) electrons. The lowest BCUT2D eigenvalue weighted by molar-refractivity contribution is 0.458. The van der Waals surface area contributed by atoms with Gasteiger partial charge in [0.15, 0.2) is 0 Å². The van der Waals surface area contributed by atoms with E-state index in [0.717, 1.165) is 0 Å². The van der Waals surface area contributed by atoms with Crippen molar-refractivity contribution in [3.8, 4) is 0 Å². The number of halogens is 2. The van der Waals surface area contributed by atoms with Crippen LogP contribution in [0.1, 0.15) is 25.7 Å². The van der Waals surface area contributed by atoms with E-state index >= 15 is 0 Å². The standard InChI is InChI=1S/C6H12BrN.ClH/c7-5-3-1-2-4-6(5)8;/h5-6H,1-4,8H2;1H. The highest BCUT2D eigenvalue weighted by molar-refractivity contribution is 9.09. The maximum absolute atomic E-state index is 5.73. The Morgan fingerprint density at radius 2 is 1.78 bits per heavy atom. The second-order valence-electron chi connectivity index (χ2n) is 2.46. The van der Waals surface area contributed by atoms with Crippen molar-refractivity contribution in [1.82, 2.24) is 0 Å². The number of rotatable bonds is 0. The second kappa shape index (κ2) is 4.53. The number of hydrogen-bond donors (Lipinski definition) is 1. The Morgan fingerprint density at radius 3 is 2.11 bits per heavy atom. The Kier molecular flexibility index (Phi) is 4.90. The van der Waals surface area contributed by atoms with E-state index < -0.39 is 0 Å². The van der Waals surface area contributed by atoms with Crippen molar-refractivity contribution >= 4 is 28.3 Å². The summed E-state index contributed by atoms with van der Waals surface area (Å²) in [6.45, 7) is 0. The van der Waals surface area contributed by atoms with Crippen LogP contribution in [0.2, 0.25) is 0 Å². The summed E-state index contributed by atoms with van der Waals surface area (Å²) in [7, 11) is 0. The lowest BCUT2D eigenvalue weighted by Gasteiger charge is -2.22. The summed E-state index contributed by atoms with van der Waals surface area (Å²) in [5.41, 5.74) is 5.73. The molecule has 0 saturated heterocycles. The van der Waals surface area contributed by atoms with Crippen molar-refractivity contribution in [2.45, 2.75) is 36.6 Å². The molecule has 0 aromatic rings. The van der Waals surface area contributed by atoms with Crippen LogP contribution in [0.15, 0.2) is 0 Å². The molecular formula is C6H13BrClN. The molecule has 0 aromatic carbocycles. The zero-order valence-corrected chi connectivity index (χ0v) is 7.75. The molecule has 1 aliphatic rings. The monoisotopic (exact) mass is 213 g/mol. The van der Waals surface area contributed by atoms with Crippen molar-refractivity contribution in [3.05, 3.63) is 0 Å². The van der Waals surface area contributed by atoms with Gasteiger partial charge in [0.05, 0.1) is 0 Å². The lowest BCUT2D eigenvalue weighted by atomic mass is 9.96. The summed E-state index contributed by atoms with van der Waals surface area (Å²) in [4.78, 5) is 0.594. The predicted molar refractivity (Wildman–Crippen MR) is 46.4 cm³/mol. The van der Waals surface area contributed by atoms with Gasteiger partial charge in [-0.25, -0.2) is 0 Å². The summed E-state index contributed by atoms with van der Waals surface area (Å²) in [5.74, 6) is 0. The van der Waals surface area contributed by atoms with Crippen LogP contribution in [0.4, 0.5) is 0 Å². The van der Waals surface area contributed by atoms with E-state index in [1.54, 1.807) is 0 Å². The van der Waals surface area contributed by atoms with Gasteiger partial charge < -0.3 is 5.73 Å². The summed E-state index contributed by atoms with van der Waals surface area (Å²) >= 11 is 3.53. The molecule has 0 spiro atoms. The molecule has 3 heteroatoms. The van der Waals surface area contributed by atoms with Gasteiger partial charge in [-0.1, -0.05) is 28.8 Å². The van der Waals surface area contributed by atoms with Crippen LogP contribution in [-0.2, 0) is 0 Å². The van der Waals surface area contributed by atoms with E-state index in [1.165, 1.54) is 25.7 Å². The quantitative estimate of drug-likeness (QED) is 0.614. The summed E-state index contributed by atoms with van der Waals surface area (Å²) in [6, 6.07) is 0.420. The molecule has 0 aliphatic heterocycles. The molecule has 56 valence electrons. The zero-order chi connectivity index (χ0) is 5.98. The first-order chi connectivity index (χ1) is 3.80. The maximum Gasteiger partial charge on any atom is 0.0297 e. The highest BCUT2D eigenvalue weighted by Gasteiger charge is 2.17. The van der Waals surface area contributed by atoms with Gasteiger partial charge in [-0.2, -0.15) is 0 Å². The van der Waals surface area contributed by atoms with Crippen LogP contribution >= 0.6 is 28.3 Å². The molecule has 2 atom stereocenters. The molecule has 9 heavy (non-hydrogen) atoms. The largest absolute Gasteiger partial charge is 0.327 e. The van der Waals surface area contributed by atoms with E-state index in [-0.39, 0.29) is 12.4 Å². The Balaban J connectivity index is 0.000000640. The van der Waals surface area contributed by atoms with Gasteiger partial charge >= 0.3 is 0 Å². The third kappa shape index (κ3) is 2.87. The van der Waals surface area contributed by atoms with Gasteiger partial charge in [0, 0.05) is 10.9 Å². The van der Waals surface area contributed by atoms with Gasteiger partial charge in [-0.3, -0.25) is 0 Å². The summed E-state index contributed by atoms with van der Waals surface area (Å²) < 4.78 is 0. The molecule has 1 aliphatic carbocycles. The van der Waals surface area contributed by atoms with Crippen molar-refractivity contribution in [2.75, 3.05) is 0 Å². The Hall–Kier alpha value is 0.730. The van der Waals surface area contributed by atoms with Crippen LogP contribution in [0.5, 0.6) is 0 Å². The zero-order valence-electron chi connectivity index (χ0n) is 5.35. The van der Waals surface area contributed by atoms with E-state index in [0.29, 0.717) is 10.9 Å². The molecule has 0 amide bonds. The predicted octanol–water partition coefficient (Wildman–Crippen LogP) is 2.07. The molecule has 2 unspecified atom stereocenters. The van der Waals surface area contributed by atoms with Crippen LogP contribution in [0.3, 0.4) is 0 Å². The highest BCUT2D eigenvalue weighted by atomic mass is 79.9. The van der Waals surface area contributed by atoms with Crippen molar-refractivity contribution < 1.29 is 0 Å². The summed E-state index contributed by atoms with van der Waals surface area (Å²) in [5, 5.41) is 0. The van der Waals surface area contributed by atoms with E-state index in [2.05, 4.69) is 15.9 Å². The third-order valence-corrected chi connectivity index (χ3v) is 2.87. The molecule has 0 aromatic heterocycles. The number of alkyl halides is 1. The summed E-state index contributed by atoms with van der Waals surface area (Å²) in [6.07, 6.45) is 5.14. The first kappa shape index (κ1) is 9.73. The fourth-order valence-electron chi connectivity index (χ4n) is 1.11. The second-order valence-corrected chi connectivity index (χ2v) is 3.64. The molecule has 1 fully saturated rings. The van der Waals surface area contributed by atoms with Crippen molar-refractivity contribution in [3.63, 3.8) is 0 Å². The molecule has 2 N–H and O–H groups in total. The first-order valence-electron chi connectivity index (χ1n) is 3.20. The first-order valence-corrected chi connectivity index (χ1v) is 4.12. The van der Waals surface area contributed by atoms with Crippen LogP contribution in [-0.4, -0.2) is 10.9 Å². The van der Waals surface area contributed by atoms with E-state index in [1.807, 2.05) is 0 Å². The fraction of sp³-hybridized carbons (Fsp3) is 1.00. The van der Waals surface area contributed by atoms with Crippen molar-refractivity contribution in [1.29, 1.82) is 0 Å². The van der Waals surface area contributed by atoms with Crippen LogP contribution in [0, 0.1) is 0 Å². The fourth-order valence-corrected chi connectivity index (χ4v) is 1.70. The average molecular weight is 215 g/mol. The van der Waals surface area contributed by atoms with Gasteiger partial charge in [0.1, 0.15) is 0 Å². The SMILES string of the molecule is Cl.NC1CCCCC1Br. The minimum absolute atomic E-state index is 0. The molecule has 1 saturated carbocycles. The smallest absolute Gasteiger partial charge is 0.0297 e. The maximum atomic E-state index is 5.73. The van der Waals surface area contributed by atoms with E-state index in [9.17, 15) is 0 Å². The van der Waals surface area contributed by atoms with E-state index in [4.69, 9.17) is 5.73 Å². The minimum atomic E-state index is 0. The Morgan fingerprint density at radius 1 is 1.22 bits per heavy atom. The number of hydrogen-bond acceptors (Lipinski definition) is 1. The van der Waals surface area contributed by atoms with Gasteiger partial charge in [-0.05, 0) is 12.8 Å². The lowest BCUT2D eigenvalue weighted by Crippen LogP contribution is -2.33. The molecule has 1 rings (SSSR count). The Labute approximate surface area is 70.9 Å². The topological polar surface area (TPSA) is 26.0 Å². The molecular weight excluding hydrogens is 201 g/mol. The normalized spacial score (nSPS) is 35.3.